The maximum atomic E-state index is 4.87. The van der Waals surface area contributed by atoms with Crippen molar-refractivity contribution >= 4 is 41.1 Å². The summed E-state index contributed by atoms with van der Waals surface area (Å²) in [6.07, 6.45) is 1.80. The van der Waals surface area contributed by atoms with Crippen LogP contribution < -0.4 is 0 Å². The van der Waals surface area contributed by atoms with Crippen molar-refractivity contribution < 1.29 is 0 Å². The van der Waals surface area contributed by atoms with E-state index in [2.05, 4.69) is 17.3 Å². The zero-order valence-corrected chi connectivity index (χ0v) is 10.4. The van der Waals surface area contributed by atoms with Gasteiger partial charge >= 0.3 is 0 Å². The van der Waals surface area contributed by atoms with Crippen molar-refractivity contribution in [3.63, 3.8) is 0 Å². The Balaban J connectivity index is 2.44. The van der Waals surface area contributed by atoms with E-state index in [4.69, 9.17) is 12.2 Å². The van der Waals surface area contributed by atoms with Gasteiger partial charge in [0.05, 0.1) is 10.3 Å². The molecule has 14 heavy (non-hydrogen) atoms. The van der Waals surface area contributed by atoms with Crippen molar-refractivity contribution in [2.24, 2.45) is 0 Å². The first-order valence-corrected chi connectivity index (χ1v) is 6.84. The van der Waals surface area contributed by atoms with E-state index in [0.717, 1.165) is 16.5 Å². The molecule has 1 unspecified atom stereocenters. The molecule has 1 aromatic rings. The Morgan fingerprint density at radius 3 is 3.00 bits per heavy atom. The van der Waals surface area contributed by atoms with Crippen LogP contribution in [-0.4, -0.2) is 27.1 Å². The third-order valence-electron chi connectivity index (χ3n) is 1.51. The molecular formula is C10H12NS3. The molecular weight excluding hydrogens is 230 g/mol. The maximum absolute atomic E-state index is 4.87. The Labute approximate surface area is 99.1 Å². The first-order chi connectivity index (χ1) is 6.86. The van der Waals surface area contributed by atoms with Crippen molar-refractivity contribution in [1.82, 2.24) is 4.98 Å². The van der Waals surface area contributed by atoms with Crippen LogP contribution in [0.25, 0.3) is 0 Å². The third kappa shape index (κ3) is 4.44. The third-order valence-corrected chi connectivity index (χ3v) is 4.18. The quantitative estimate of drug-likeness (QED) is 0.561. The summed E-state index contributed by atoms with van der Waals surface area (Å²) in [6.45, 7) is 2.15. The van der Waals surface area contributed by atoms with Crippen molar-refractivity contribution in [3.8, 4) is 0 Å². The number of aromatic nitrogens is 1. The minimum atomic E-state index is 0.268. The second kappa shape index (κ2) is 7.26. The first-order valence-electron chi connectivity index (χ1n) is 4.40. The smallest absolute Gasteiger partial charge is 0.0966 e. The Morgan fingerprint density at radius 1 is 1.57 bits per heavy atom. The van der Waals surface area contributed by atoms with Gasteiger partial charge in [-0.15, -0.1) is 0 Å². The lowest BCUT2D eigenvalue weighted by atomic mass is 10.5. The van der Waals surface area contributed by atoms with Crippen molar-refractivity contribution in [2.75, 3.05) is 11.5 Å². The zero-order chi connectivity index (χ0) is 10.2. The predicted octanol–water partition coefficient (Wildman–Crippen LogP) is 3.17. The highest BCUT2D eigenvalue weighted by Crippen LogP contribution is 2.22. The Kier molecular flexibility index (Phi) is 6.23. The van der Waals surface area contributed by atoms with Gasteiger partial charge in [0.25, 0.3) is 0 Å². The standard InChI is InChI=1S/C10H12NS3/c1-2-13-8-9(7-12)14-10-5-3-4-6-11-10/h3-6,9H,2,8H2,1H3. The lowest BCUT2D eigenvalue weighted by Crippen LogP contribution is -2.06. The topological polar surface area (TPSA) is 12.9 Å². The fourth-order valence-electron chi connectivity index (χ4n) is 0.880. The van der Waals surface area contributed by atoms with Crippen LogP contribution >= 0.6 is 35.7 Å². The number of hydrogen-bond acceptors (Lipinski definition) is 4. The second-order valence-electron chi connectivity index (χ2n) is 2.55. The van der Waals surface area contributed by atoms with E-state index >= 15 is 0 Å². The van der Waals surface area contributed by atoms with Crippen molar-refractivity contribution in [1.29, 1.82) is 0 Å². The van der Waals surface area contributed by atoms with Gasteiger partial charge in [0.1, 0.15) is 0 Å². The predicted molar refractivity (Wildman–Crippen MR) is 69.5 cm³/mol. The average molecular weight is 242 g/mol. The highest BCUT2D eigenvalue weighted by Gasteiger charge is 2.07. The van der Waals surface area contributed by atoms with Gasteiger partial charge in [0, 0.05) is 17.3 Å². The van der Waals surface area contributed by atoms with Crippen molar-refractivity contribution in [3.05, 3.63) is 24.4 Å². The fraction of sp³-hybridized carbons (Fsp3) is 0.400. The first kappa shape index (κ1) is 12.0. The number of hydrogen-bond donors (Lipinski definition) is 0. The number of thioether (sulfide) groups is 2. The molecule has 4 heteroatoms. The molecule has 0 aliphatic heterocycles. The van der Waals surface area contributed by atoms with Crippen LogP contribution in [0.2, 0.25) is 0 Å². The molecule has 1 atom stereocenters. The summed E-state index contributed by atoms with van der Waals surface area (Å²) in [7, 11) is 0. The molecule has 1 rings (SSSR count). The average Bonchev–Trinajstić information content (AvgIpc) is 2.25. The SMILES string of the molecule is CCSCC([C]=S)Sc1ccccn1. The van der Waals surface area contributed by atoms with Gasteiger partial charge in [-0.1, -0.05) is 37.0 Å². The molecule has 0 spiro atoms. The number of rotatable bonds is 6. The van der Waals surface area contributed by atoms with Gasteiger partial charge < -0.3 is 0 Å². The van der Waals surface area contributed by atoms with Gasteiger partial charge in [0.15, 0.2) is 0 Å². The minimum absolute atomic E-state index is 0.268. The number of pyridine rings is 1. The highest BCUT2D eigenvalue weighted by atomic mass is 32.2. The van der Waals surface area contributed by atoms with Crippen LogP contribution in [0.4, 0.5) is 0 Å². The number of nitrogens with zero attached hydrogens (tertiary/aromatic N) is 1. The molecule has 0 amide bonds. The van der Waals surface area contributed by atoms with Crippen LogP contribution in [-0.2, 0) is 0 Å². The summed E-state index contributed by atoms with van der Waals surface area (Å²) in [5.41, 5.74) is 0. The summed E-state index contributed by atoms with van der Waals surface area (Å²) in [5, 5.41) is 4.16. The lowest BCUT2D eigenvalue weighted by Gasteiger charge is -2.08. The van der Waals surface area contributed by atoms with E-state index < -0.39 is 0 Å². The van der Waals surface area contributed by atoms with Crippen LogP contribution in [0.1, 0.15) is 6.92 Å². The second-order valence-corrected chi connectivity index (χ2v) is 5.33. The van der Waals surface area contributed by atoms with E-state index in [1.165, 1.54) is 0 Å². The molecule has 0 N–H and O–H groups in total. The molecule has 0 fully saturated rings. The summed E-state index contributed by atoms with van der Waals surface area (Å²) in [5.74, 6) is 2.14. The highest BCUT2D eigenvalue weighted by molar-refractivity contribution is 8.04. The van der Waals surface area contributed by atoms with E-state index in [1.807, 2.05) is 30.0 Å². The molecule has 1 heterocycles. The molecule has 0 saturated carbocycles. The van der Waals surface area contributed by atoms with E-state index in [-0.39, 0.29) is 5.25 Å². The molecule has 1 radical (unpaired) electrons. The van der Waals surface area contributed by atoms with Crippen LogP contribution in [0.5, 0.6) is 0 Å². The van der Waals surface area contributed by atoms with E-state index in [0.29, 0.717) is 0 Å². The normalized spacial score (nSPS) is 12.4. The summed E-state index contributed by atoms with van der Waals surface area (Å²) >= 11 is 8.44. The van der Waals surface area contributed by atoms with Gasteiger partial charge in [-0.25, -0.2) is 4.98 Å². The van der Waals surface area contributed by atoms with Gasteiger partial charge in [-0.2, -0.15) is 11.8 Å². The van der Waals surface area contributed by atoms with Crippen LogP contribution in [0, 0.1) is 0 Å². The zero-order valence-electron chi connectivity index (χ0n) is 7.97. The van der Waals surface area contributed by atoms with Crippen LogP contribution in [0.15, 0.2) is 29.4 Å². The summed E-state index contributed by atoms with van der Waals surface area (Å²) < 4.78 is 0. The molecule has 1 nitrogen and oxygen atoms in total. The molecule has 75 valence electrons. The largest absolute Gasteiger partial charge is 0.250 e. The number of thiocarbonyl (C=S) groups is 1. The Hall–Kier alpha value is -0.0600. The maximum Gasteiger partial charge on any atom is 0.0966 e. The molecule has 0 bridgehead atoms. The van der Waals surface area contributed by atoms with E-state index in [9.17, 15) is 0 Å². The Morgan fingerprint density at radius 2 is 2.43 bits per heavy atom. The molecule has 0 aliphatic rings. The molecule has 0 saturated heterocycles. The van der Waals surface area contributed by atoms with E-state index in [1.54, 1.807) is 18.0 Å². The van der Waals surface area contributed by atoms with Crippen molar-refractivity contribution in [2.45, 2.75) is 17.2 Å². The minimum Gasteiger partial charge on any atom is -0.250 e. The monoisotopic (exact) mass is 242 g/mol. The molecule has 0 aromatic carbocycles. The van der Waals surface area contributed by atoms with Gasteiger partial charge in [0.2, 0.25) is 0 Å². The van der Waals surface area contributed by atoms with Gasteiger partial charge in [-0.05, 0) is 17.9 Å². The molecule has 1 aromatic heterocycles. The molecule has 0 aliphatic carbocycles. The summed E-state index contributed by atoms with van der Waals surface area (Å²) in [6, 6.07) is 5.91. The fourth-order valence-corrected chi connectivity index (χ4v) is 2.93. The van der Waals surface area contributed by atoms with Crippen LogP contribution in [0.3, 0.4) is 0 Å². The van der Waals surface area contributed by atoms with Gasteiger partial charge in [-0.3, -0.25) is 0 Å². The summed E-state index contributed by atoms with van der Waals surface area (Å²) in [4.78, 5) is 4.24. The lowest BCUT2D eigenvalue weighted by molar-refractivity contribution is 1.13. The Bertz CT molecular complexity index is 263.